The smallest absolute Gasteiger partial charge is 0.255 e. The molecule has 6 nitrogen and oxygen atoms in total. The van der Waals surface area contributed by atoms with Gasteiger partial charge in [0, 0.05) is 25.2 Å². The van der Waals surface area contributed by atoms with Crippen molar-refractivity contribution in [1.29, 1.82) is 0 Å². The summed E-state index contributed by atoms with van der Waals surface area (Å²) in [6, 6.07) is 10.4. The van der Waals surface area contributed by atoms with Gasteiger partial charge in [0.25, 0.3) is 5.91 Å². The second-order valence-electron chi connectivity index (χ2n) is 6.71. The molecule has 1 aliphatic heterocycles. The van der Waals surface area contributed by atoms with Gasteiger partial charge in [-0.1, -0.05) is 19.1 Å². The van der Waals surface area contributed by atoms with E-state index in [0.29, 0.717) is 18.7 Å². The number of carbonyl (C=O) groups is 1. The van der Waals surface area contributed by atoms with Crippen LogP contribution in [0.5, 0.6) is 0 Å². The van der Waals surface area contributed by atoms with Gasteiger partial charge in [-0.3, -0.25) is 4.79 Å². The van der Waals surface area contributed by atoms with Gasteiger partial charge in [0.05, 0.1) is 11.4 Å². The van der Waals surface area contributed by atoms with Crippen LogP contribution in [0.25, 0.3) is 0 Å². The lowest BCUT2D eigenvalue weighted by atomic mass is 10.1. The number of nitrogens with zero attached hydrogens (tertiary/aromatic N) is 1. The van der Waals surface area contributed by atoms with E-state index >= 15 is 0 Å². The van der Waals surface area contributed by atoms with Gasteiger partial charge in [0.2, 0.25) is 10.0 Å². The number of hydrogen-bond acceptors (Lipinski definition) is 4. The van der Waals surface area contributed by atoms with E-state index in [2.05, 4.69) is 10.0 Å². The first-order valence-electron chi connectivity index (χ1n) is 9.37. The standard InChI is InChI=1S/C20H24FN3O3S/c1-2-11-22-28(26,27)19-14-15(9-10-18(19)24-12-5-6-13-24)20(25)23-17-8-4-3-7-16(17)21/h3-4,7-10,14,22H,2,5-6,11-13H2,1H3,(H,23,25). The summed E-state index contributed by atoms with van der Waals surface area (Å²) in [6.45, 7) is 3.74. The molecular formula is C20H24FN3O3S. The lowest BCUT2D eigenvalue weighted by molar-refractivity contribution is 0.102. The van der Waals surface area contributed by atoms with Crippen LogP contribution in [0, 0.1) is 5.82 Å². The van der Waals surface area contributed by atoms with Gasteiger partial charge in [0.1, 0.15) is 10.7 Å². The molecule has 0 radical (unpaired) electrons. The first kappa shape index (κ1) is 20.3. The maximum Gasteiger partial charge on any atom is 0.255 e. The Hall–Kier alpha value is -2.45. The van der Waals surface area contributed by atoms with E-state index in [4.69, 9.17) is 0 Å². The molecule has 0 aromatic heterocycles. The van der Waals surface area contributed by atoms with Gasteiger partial charge < -0.3 is 10.2 Å². The molecule has 3 rings (SSSR count). The summed E-state index contributed by atoms with van der Waals surface area (Å²) < 4.78 is 42.0. The van der Waals surface area contributed by atoms with Crippen LogP contribution in [-0.2, 0) is 10.0 Å². The zero-order valence-corrected chi connectivity index (χ0v) is 16.6. The van der Waals surface area contributed by atoms with Crippen LogP contribution in [0.2, 0.25) is 0 Å². The maximum absolute atomic E-state index is 13.8. The molecule has 0 unspecified atom stereocenters. The minimum atomic E-state index is -3.77. The number of halogens is 1. The van der Waals surface area contributed by atoms with Gasteiger partial charge in [-0.25, -0.2) is 17.5 Å². The molecule has 150 valence electrons. The topological polar surface area (TPSA) is 78.5 Å². The molecule has 2 aromatic carbocycles. The van der Waals surface area contributed by atoms with Crippen molar-refractivity contribution in [1.82, 2.24) is 4.72 Å². The molecule has 1 heterocycles. The van der Waals surface area contributed by atoms with E-state index < -0.39 is 21.7 Å². The first-order valence-corrected chi connectivity index (χ1v) is 10.8. The molecule has 2 N–H and O–H groups in total. The van der Waals surface area contributed by atoms with Gasteiger partial charge in [-0.15, -0.1) is 0 Å². The molecule has 0 saturated carbocycles. The first-order chi connectivity index (χ1) is 13.4. The van der Waals surface area contributed by atoms with E-state index in [9.17, 15) is 17.6 Å². The molecule has 1 aliphatic rings. The number of anilines is 2. The third-order valence-electron chi connectivity index (χ3n) is 4.62. The highest BCUT2D eigenvalue weighted by Gasteiger charge is 2.25. The summed E-state index contributed by atoms with van der Waals surface area (Å²) >= 11 is 0. The summed E-state index contributed by atoms with van der Waals surface area (Å²) in [5.74, 6) is -1.12. The Balaban J connectivity index is 1.96. The largest absolute Gasteiger partial charge is 0.370 e. The third kappa shape index (κ3) is 4.51. The Kier molecular flexibility index (Phi) is 6.31. The number of sulfonamides is 1. The molecule has 0 atom stereocenters. The SMILES string of the molecule is CCCNS(=O)(=O)c1cc(C(=O)Nc2ccccc2F)ccc1N1CCCC1. The van der Waals surface area contributed by atoms with Crippen LogP contribution in [0.4, 0.5) is 15.8 Å². The summed E-state index contributed by atoms with van der Waals surface area (Å²) in [5.41, 5.74) is 0.788. The monoisotopic (exact) mass is 405 g/mol. The van der Waals surface area contributed by atoms with Crippen molar-refractivity contribution < 1.29 is 17.6 Å². The number of nitrogens with one attached hydrogen (secondary N) is 2. The molecule has 28 heavy (non-hydrogen) atoms. The van der Waals surface area contributed by atoms with Crippen molar-refractivity contribution in [3.8, 4) is 0 Å². The van der Waals surface area contributed by atoms with E-state index in [1.54, 1.807) is 18.2 Å². The summed E-state index contributed by atoms with van der Waals surface area (Å²) in [7, 11) is -3.77. The maximum atomic E-state index is 13.8. The van der Waals surface area contributed by atoms with Crippen molar-refractivity contribution in [2.75, 3.05) is 29.9 Å². The molecule has 1 saturated heterocycles. The fourth-order valence-corrected chi connectivity index (χ4v) is 4.54. The fraction of sp³-hybridized carbons (Fsp3) is 0.350. The Morgan fingerprint density at radius 1 is 1.14 bits per heavy atom. The zero-order valence-electron chi connectivity index (χ0n) is 15.7. The van der Waals surface area contributed by atoms with Crippen molar-refractivity contribution >= 4 is 27.3 Å². The molecule has 1 fully saturated rings. The van der Waals surface area contributed by atoms with Gasteiger partial charge in [-0.2, -0.15) is 0 Å². The number of rotatable bonds is 7. The Morgan fingerprint density at radius 2 is 1.86 bits per heavy atom. The Labute approximate surface area is 164 Å². The van der Waals surface area contributed by atoms with Gasteiger partial charge in [0.15, 0.2) is 0 Å². The van der Waals surface area contributed by atoms with Crippen molar-refractivity contribution in [2.45, 2.75) is 31.1 Å². The predicted octanol–water partition coefficient (Wildman–Crippen LogP) is 3.37. The molecule has 0 bridgehead atoms. The lowest BCUT2D eigenvalue weighted by Crippen LogP contribution is -2.28. The van der Waals surface area contributed by atoms with Gasteiger partial charge >= 0.3 is 0 Å². The van der Waals surface area contributed by atoms with E-state index in [1.165, 1.54) is 24.3 Å². The van der Waals surface area contributed by atoms with Crippen LogP contribution in [-0.4, -0.2) is 34.0 Å². The highest BCUT2D eigenvalue weighted by Crippen LogP contribution is 2.29. The van der Waals surface area contributed by atoms with E-state index in [0.717, 1.165) is 25.9 Å². The van der Waals surface area contributed by atoms with E-state index in [1.807, 2.05) is 11.8 Å². The fourth-order valence-electron chi connectivity index (χ4n) is 3.16. The summed E-state index contributed by atoms with van der Waals surface area (Å²) in [5, 5.41) is 2.49. The van der Waals surface area contributed by atoms with Crippen LogP contribution >= 0.6 is 0 Å². The number of benzene rings is 2. The zero-order chi connectivity index (χ0) is 20.1. The number of para-hydroxylation sites is 1. The second-order valence-corrected chi connectivity index (χ2v) is 8.44. The highest BCUT2D eigenvalue weighted by atomic mass is 32.2. The summed E-state index contributed by atoms with van der Waals surface area (Å²) in [4.78, 5) is 14.7. The van der Waals surface area contributed by atoms with Crippen LogP contribution in [0.1, 0.15) is 36.5 Å². The van der Waals surface area contributed by atoms with Crippen LogP contribution in [0.3, 0.4) is 0 Å². The predicted molar refractivity (Wildman–Crippen MR) is 108 cm³/mol. The molecule has 0 spiro atoms. The molecule has 0 aliphatic carbocycles. The van der Waals surface area contributed by atoms with Crippen LogP contribution < -0.4 is 14.9 Å². The normalized spacial score (nSPS) is 14.3. The van der Waals surface area contributed by atoms with E-state index in [-0.39, 0.29) is 16.1 Å². The number of carbonyl (C=O) groups excluding carboxylic acids is 1. The third-order valence-corrected chi connectivity index (χ3v) is 6.11. The molecule has 2 aromatic rings. The van der Waals surface area contributed by atoms with Crippen LogP contribution in [0.15, 0.2) is 47.4 Å². The van der Waals surface area contributed by atoms with Gasteiger partial charge in [-0.05, 0) is 49.6 Å². The average molecular weight is 405 g/mol. The molecule has 1 amide bonds. The summed E-state index contributed by atoms with van der Waals surface area (Å²) in [6.07, 6.45) is 2.65. The lowest BCUT2D eigenvalue weighted by Gasteiger charge is -2.22. The van der Waals surface area contributed by atoms with Crippen molar-refractivity contribution in [3.05, 3.63) is 53.8 Å². The number of hydrogen-bond donors (Lipinski definition) is 2. The van der Waals surface area contributed by atoms with Crippen molar-refractivity contribution in [3.63, 3.8) is 0 Å². The minimum Gasteiger partial charge on any atom is -0.370 e. The quantitative estimate of drug-likeness (QED) is 0.740. The molecular weight excluding hydrogens is 381 g/mol. The average Bonchev–Trinajstić information content (AvgIpc) is 3.22. The Bertz CT molecular complexity index is 957. The minimum absolute atomic E-state index is 0.0460. The number of amides is 1. The second kappa shape index (κ2) is 8.70. The molecule has 8 heteroatoms. The van der Waals surface area contributed by atoms with Crippen molar-refractivity contribution in [2.24, 2.45) is 0 Å². The highest BCUT2D eigenvalue weighted by molar-refractivity contribution is 7.89. The Morgan fingerprint density at radius 3 is 2.54 bits per heavy atom.